The molecular weight excluding hydrogens is 441 g/mol. The van der Waals surface area contributed by atoms with Crippen LogP contribution in [0.2, 0.25) is 5.02 Å². The van der Waals surface area contributed by atoms with Gasteiger partial charge in [-0.1, -0.05) is 23.7 Å². The van der Waals surface area contributed by atoms with Crippen molar-refractivity contribution < 1.29 is 13.9 Å². The fourth-order valence-electron chi connectivity index (χ4n) is 4.43. The lowest BCUT2D eigenvalue weighted by molar-refractivity contribution is 0.0522. The molecule has 174 valence electrons. The number of carbonyl (C=O) groups excluding carboxylic acids is 1. The van der Waals surface area contributed by atoms with Gasteiger partial charge in [-0.05, 0) is 62.9 Å². The van der Waals surface area contributed by atoms with Gasteiger partial charge in [0.25, 0.3) is 0 Å². The van der Waals surface area contributed by atoms with Crippen molar-refractivity contribution in [1.29, 1.82) is 0 Å². The van der Waals surface area contributed by atoms with Crippen LogP contribution in [0.1, 0.15) is 28.5 Å². The third kappa shape index (κ3) is 4.98. The fraction of sp³-hybridized carbons (Fsp3) is 0.346. The highest BCUT2D eigenvalue weighted by molar-refractivity contribution is 6.30. The number of esters is 1. The first kappa shape index (κ1) is 23.5. The summed E-state index contributed by atoms with van der Waals surface area (Å²) in [6, 6.07) is 13.9. The second kappa shape index (κ2) is 10.1. The number of halogens is 2. The maximum atomic E-state index is 13.7. The van der Waals surface area contributed by atoms with Gasteiger partial charge in [-0.25, -0.2) is 9.18 Å². The number of piperazine rings is 1. The van der Waals surface area contributed by atoms with Gasteiger partial charge in [0.05, 0.1) is 17.9 Å². The second-order valence-electron chi connectivity index (χ2n) is 8.41. The van der Waals surface area contributed by atoms with E-state index < -0.39 is 0 Å². The molecule has 5 nitrogen and oxygen atoms in total. The predicted molar refractivity (Wildman–Crippen MR) is 130 cm³/mol. The van der Waals surface area contributed by atoms with E-state index in [0.717, 1.165) is 54.4 Å². The predicted octanol–water partition coefficient (Wildman–Crippen LogP) is 5.17. The third-order valence-corrected chi connectivity index (χ3v) is 6.42. The Bertz CT molecular complexity index is 1120. The van der Waals surface area contributed by atoms with Crippen molar-refractivity contribution in [2.45, 2.75) is 20.4 Å². The molecule has 0 N–H and O–H groups in total. The Hall–Kier alpha value is -2.67. The van der Waals surface area contributed by atoms with Crippen molar-refractivity contribution in [3.8, 4) is 16.9 Å². The van der Waals surface area contributed by atoms with Crippen molar-refractivity contribution >= 4 is 17.6 Å². The molecule has 0 bridgehead atoms. The minimum Gasteiger partial charge on any atom is -0.462 e. The number of aromatic nitrogens is 1. The Morgan fingerprint density at radius 3 is 2.27 bits per heavy atom. The van der Waals surface area contributed by atoms with Crippen LogP contribution < -0.4 is 0 Å². The number of ether oxygens (including phenoxy) is 1. The first-order valence-corrected chi connectivity index (χ1v) is 11.6. The summed E-state index contributed by atoms with van der Waals surface area (Å²) in [4.78, 5) is 17.8. The summed E-state index contributed by atoms with van der Waals surface area (Å²) in [5.74, 6) is -0.643. The summed E-state index contributed by atoms with van der Waals surface area (Å²) in [7, 11) is 2.12. The molecule has 0 unspecified atom stereocenters. The van der Waals surface area contributed by atoms with Crippen LogP contribution in [-0.4, -0.2) is 60.2 Å². The molecule has 1 aromatic heterocycles. The van der Waals surface area contributed by atoms with Gasteiger partial charge in [0.2, 0.25) is 0 Å². The van der Waals surface area contributed by atoms with Gasteiger partial charge in [-0.3, -0.25) is 4.90 Å². The van der Waals surface area contributed by atoms with E-state index in [-0.39, 0.29) is 11.8 Å². The van der Waals surface area contributed by atoms with Crippen molar-refractivity contribution in [2.75, 3.05) is 39.8 Å². The maximum Gasteiger partial charge on any atom is 0.340 e. The van der Waals surface area contributed by atoms with E-state index in [1.807, 2.05) is 42.7 Å². The smallest absolute Gasteiger partial charge is 0.340 e. The highest BCUT2D eigenvalue weighted by Crippen LogP contribution is 2.36. The summed E-state index contributed by atoms with van der Waals surface area (Å²) < 4.78 is 21.2. The molecule has 1 aliphatic heterocycles. The van der Waals surface area contributed by atoms with E-state index in [9.17, 15) is 9.18 Å². The van der Waals surface area contributed by atoms with E-state index in [1.165, 1.54) is 12.1 Å². The van der Waals surface area contributed by atoms with Gasteiger partial charge < -0.3 is 14.2 Å². The average Bonchev–Trinajstić information content (AvgIpc) is 3.08. The Labute approximate surface area is 199 Å². The number of hydrogen-bond donors (Lipinski definition) is 0. The zero-order chi connectivity index (χ0) is 23.5. The molecule has 0 radical (unpaired) electrons. The van der Waals surface area contributed by atoms with Gasteiger partial charge in [0, 0.05) is 54.7 Å². The zero-order valence-electron chi connectivity index (χ0n) is 19.3. The SMILES string of the molecule is CCOC(=O)c1c(CN2CCN(C)CC2)c(-c2ccc(Cl)cc2)n(-c2ccc(F)cc2)c1C. The minimum absolute atomic E-state index is 0.296. The summed E-state index contributed by atoms with van der Waals surface area (Å²) in [5.41, 5.74) is 4.89. The highest BCUT2D eigenvalue weighted by Gasteiger charge is 2.29. The Kier molecular flexibility index (Phi) is 7.17. The first-order valence-electron chi connectivity index (χ1n) is 11.2. The molecule has 0 amide bonds. The van der Waals surface area contributed by atoms with Crippen molar-refractivity contribution in [1.82, 2.24) is 14.4 Å². The van der Waals surface area contributed by atoms with E-state index in [0.29, 0.717) is 23.7 Å². The van der Waals surface area contributed by atoms with Gasteiger partial charge >= 0.3 is 5.97 Å². The lowest BCUT2D eigenvalue weighted by atomic mass is 10.0. The van der Waals surface area contributed by atoms with Crippen LogP contribution in [0.4, 0.5) is 4.39 Å². The largest absolute Gasteiger partial charge is 0.462 e. The van der Waals surface area contributed by atoms with E-state index in [2.05, 4.69) is 16.8 Å². The van der Waals surface area contributed by atoms with Crippen molar-refractivity contribution in [2.24, 2.45) is 0 Å². The lowest BCUT2D eigenvalue weighted by Gasteiger charge is -2.32. The lowest BCUT2D eigenvalue weighted by Crippen LogP contribution is -2.44. The molecule has 0 atom stereocenters. The van der Waals surface area contributed by atoms with E-state index >= 15 is 0 Å². The molecule has 0 spiro atoms. The van der Waals surface area contributed by atoms with Gasteiger partial charge in [0.15, 0.2) is 0 Å². The second-order valence-corrected chi connectivity index (χ2v) is 8.84. The van der Waals surface area contributed by atoms with Crippen LogP contribution in [-0.2, 0) is 11.3 Å². The molecule has 0 saturated carbocycles. The maximum absolute atomic E-state index is 13.7. The van der Waals surface area contributed by atoms with E-state index in [4.69, 9.17) is 16.3 Å². The van der Waals surface area contributed by atoms with Gasteiger partial charge in [-0.15, -0.1) is 0 Å². The Morgan fingerprint density at radius 2 is 1.67 bits per heavy atom. The number of likely N-dealkylation sites (N-methyl/N-ethyl adjacent to an activating group) is 1. The van der Waals surface area contributed by atoms with Crippen LogP contribution in [0, 0.1) is 12.7 Å². The summed E-state index contributed by atoms with van der Waals surface area (Å²) in [6.45, 7) is 8.43. The Morgan fingerprint density at radius 1 is 1.03 bits per heavy atom. The average molecular weight is 470 g/mol. The van der Waals surface area contributed by atoms with Crippen molar-refractivity contribution in [3.05, 3.63) is 76.2 Å². The summed E-state index contributed by atoms with van der Waals surface area (Å²) in [5, 5.41) is 0.640. The zero-order valence-corrected chi connectivity index (χ0v) is 20.0. The number of nitrogens with zero attached hydrogens (tertiary/aromatic N) is 3. The van der Waals surface area contributed by atoms with E-state index in [1.54, 1.807) is 12.1 Å². The molecule has 2 heterocycles. The van der Waals surface area contributed by atoms with Crippen LogP contribution in [0.25, 0.3) is 16.9 Å². The molecule has 33 heavy (non-hydrogen) atoms. The summed E-state index contributed by atoms with van der Waals surface area (Å²) >= 11 is 6.18. The molecule has 1 fully saturated rings. The van der Waals surface area contributed by atoms with Crippen LogP contribution in [0.15, 0.2) is 48.5 Å². The highest BCUT2D eigenvalue weighted by atomic mass is 35.5. The fourth-order valence-corrected chi connectivity index (χ4v) is 4.56. The number of hydrogen-bond acceptors (Lipinski definition) is 4. The third-order valence-electron chi connectivity index (χ3n) is 6.17. The molecule has 2 aromatic carbocycles. The molecule has 7 heteroatoms. The molecule has 4 rings (SSSR count). The first-order chi connectivity index (χ1) is 15.9. The molecule has 3 aromatic rings. The topological polar surface area (TPSA) is 37.7 Å². The quantitative estimate of drug-likeness (QED) is 0.467. The van der Waals surface area contributed by atoms with Crippen LogP contribution in [0.3, 0.4) is 0 Å². The van der Waals surface area contributed by atoms with Crippen LogP contribution in [0.5, 0.6) is 0 Å². The molecular formula is C26H29ClFN3O2. The van der Waals surface area contributed by atoms with Crippen LogP contribution >= 0.6 is 11.6 Å². The van der Waals surface area contributed by atoms with Crippen molar-refractivity contribution in [3.63, 3.8) is 0 Å². The minimum atomic E-state index is -0.338. The monoisotopic (exact) mass is 469 g/mol. The number of carbonyl (C=O) groups is 1. The van der Waals surface area contributed by atoms with Gasteiger partial charge in [0.1, 0.15) is 5.82 Å². The normalized spacial score (nSPS) is 15.1. The standard InChI is InChI=1S/C26H29ClFN3O2/c1-4-33-26(32)24-18(2)31(22-11-9-21(28)10-12-22)25(19-5-7-20(27)8-6-19)23(24)17-30-15-13-29(3)14-16-30/h5-12H,4,13-17H2,1-3H3. The summed E-state index contributed by atoms with van der Waals surface area (Å²) in [6.07, 6.45) is 0. The number of rotatable bonds is 6. The molecule has 1 aliphatic rings. The number of benzene rings is 2. The molecule has 1 saturated heterocycles. The Balaban J connectivity index is 1.94. The van der Waals surface area contributed by atoms with Gasteiger partial charge in [-0.2, -0.15) is 0 Å². The molecule has 0 aliphatic carbocycles.